The first-order valence-corrected chi connectivity index (χ1v) is 4.39. The normalized spacial score (nSPS) is 22.7. The Balaban J connectivity index is 2.19. The number of likely N-dealkylation sites (tertiary alicyclic amines) is 1. The second-order valence-electron chi connectivity index (χ2n) is 3.24. The molecule has 1 rings (SSSR count). The van der Waals surface area contributed by atoms with Gasteiger partial charge in [0.15, 0.2) is 0 Å². The van der Waals surface area contributed by atoms with Crippen LogP contribution in [0.15, 0.2) is 0 Å². The summed E-state index contributed by atoms with van der Waals surface area (Å²) in [7, 11) is 0. The van der Waals surface area contributed by atoms with Crippen molar-refractivity contribution in [2.45, 2.75) is 19.4 Å². The Morgan fingerprint density at radius 1 is 1.69 bits per heavy atom. The van der Waals surface area contributed by atoms with Gasteiger partial charge in [-0.15, -0.1) is 0 Å². The molecule has 0 bridgehead atoms. The number of nitrogens with zero attached hydrogens (tertiary/aromatic N) is 1. The quantitative estimate of drug-likeness (QED) is 0.547. The minimum atomic E-state index is 0.00944. The second kappa shape index (κ2) is 4.81. The number of hydrogen-bond donors (Lipinski definition) is 2. The zero-order chi connectivity index (χ0) is 9.68. The minimum absolute atomic E-state index is 0.00944. The highest BCUT2D eigenvalue weighted by molar-refractivity contribution is 5.73. The number of rotatable bonds is 4. The van der Waals surface area contributed by atoms with Gasteiger partial charge in [-0.1, -0.05) is 0 Å². The average Bonchev–Trinajstić information content (AvgIpc) is 2.48. The Morgan fingerprint density at radius 2 is 2.46 bits per heavy atom. The summed E-state index contributed by atoms with van der Waals surface area (Å²) < 4.78 is 0. The van der Waals surface area contributed by atoms with Crippen LogP contribution in [0.25, 0.3) is 0 Å². The molecule has 1 fully saturated rings. The van der Waals surface area contributed by atoms with Crippen LogP contribution in [0.2, 0.25) is 0 Å². The van der Waals surface area contributed by atoms with Crippen molar-refractivity contribution < 1.29 is 9.59 Å². The second-order valence-corrected chi connectivity index (χ2v) is 3.24. The molecule has 0 radical (unpaired) electrons. The van der Waals surface area contributed by atoms with Crippen molar-refractivity contribution in [3.05, 3.63) is 0 Å². The molecule has 13 heavy (non-hydrogen) atoms. The predicted molar refractivity (Wildman–Crippen MR) is 47.9 cm³/mol. The number of nitrogens with one attached hydrogen (secondary N) is 2. The largest absolute Gasteiger partial charge is 0.352 e. The third-order valence-corrected chi connectivity index (χ3v) is 2.08. The van der Waals surface area contributed by atoms with E-state index < -0.39 is 0 Å². The smallest absolute Gasteiger partial charge is 0.217 e. The highest BCUT2D eigenvalue weighted by Gasteiger charge is 2.21. The summed E-state index contributed by atoms with van der Waals surface area (Å²) in [6.07, 6.45) is 1.64. The van der Waals surface area contributed by atoms with E-state index in [0.29, 0.717) is 13.1 Å². The molecule has 1 aliphatic rings. The topological polar surface area (TPSA) is 61.4 Å². The molecular formula is C8H15N3O2. The van der Waals surface area contributed by atoms with Crippen molar-refractivity contribution in [1.82, 2.24) is 15.5 Å². The van der Waals surface area contributed by atoms with Crippen LogP contribution < -0.4 is 10.6 Å². The molecule has 2 N–H and O–H groups in total. The third-order valence-electron chi connectivity index (χ3n) is 2.08. The third kappa shape index (κ3) is 3.42. The van der Waals surface area contributed by atoms with E-state index in [-0.39, 0.29) is 11.9 Å². The highest BCUT2D eigenvalue weighted by Crippen LogP contribution is 2.06. The van der Waals surface area contributed by atoms with E-state index in [1.807, 2.05) is 0 Å². The van der Waals surface area contributed by atoms with Crippen LogP contribution in [0.4, 0.5) is 0 Å². The first kappa shape index (κ1) is 9.98. The molecular weight excluding hydrogens is 170 g/mol. The molecule has 1 saturated heterocycles. The van der Waals surface area contributed by atoms with Crippen molar-refractivity contribution in [1.29, 1.82) is 0 Å². The van der Waals surface area contributed by atoms with Gasteiger partial charge in [-0.25, -0.2) is 0 Å². The summed E-state index contributed by atoms with van der Waals surface area (Å²) in [5.41, 5.74) is 0. The van der Waals surface area contributed by atoms with Crippen molar-refractivity contribution >= 4 is 12.3 Å². The molecule has 0 saturated carbocycles. The SMILES string of the molecule is CC(=O)NC1CCN(CNC=O)C1. The van der Waals surface area contributed by atoms with Crippen molar-refractivity contribution in [3.63, 3.8) is 0 Å². The predicted octanol–water partition coefficient (Wildman–Crippen LogP) is -1.10. The van der Waals surface area contributed by atoms with E-state index in [9.17, 15) is 9.59 Å². The van der Waals surface area contributed by atoms with Crippen LogP contribution in [0.5, 0.6) is 0 Å². The molecule has 2 amide bonds. The lowest BCUT2D eigenvalue weighted by Gasteiger charge is -2.14. The first-order valence-electron chi connectivity index (χ1n) is 4.39. The van der Waals surface area contributed by atoms with Gasteiger partial charge in [0, 0.05) is 26.1 Å². The van der Waals surface area contributed by atoms with Gasteiger partial charge < -0.3 is 10.6 Å². The molecule has 0 aliphatic carbocycles. The number of hydrogen-bond acceptors (Lipinski definition) is 3. The highest BCUT2D eigenvalue weighted by atomic mass is 16.1. The Bertz CT molecular complexity index is 196. The molecule has 5 heteroatoms. The molecule has 74 valence electrons. The lowest BCUT2D eigenvalue weighted by atomic mass is 10.3. The maximum absolute atomic E-state index is 10.7. The van der Waals surface area contributed by atoms with Gasteiger partial charge in [0.2, 0.25) is 12.3 Å². The standard InChI is InChI=1S/C8H15N3O2/c1-7(13)10-8-2-3-11(4-8)5-9-6-12/h6,8H,2-5H2,1H3,(H,9,12)(H,10,13). The Morgan fingerprint density at radius 3 is 3.08 bits per heavy atom. The lowest BCUT2D eigenvalue weighted by molar-refractivity contribution is -0.119. The van der Waals surface area contributed by atoms with Crippen molar-refractivity contribution in [3.8, 4) is 0 Å². The average molecular weight is 185 g/mol. The Labute approximate surface area is 77.5 Å². The maximum atomic E-state index is 10.7. The summed E-state index contributed by atoms with van der Waals surface area (Å²) in [6.45, 7) is 3.83. The van der Waals surface area contributed by atoms with Crippen LogP contribution in [0.1, 0.15) is 13.3 Å². The molecule has 1 unspecified atom stereocenters. The minimum Gasteiger partial charge on any atom is -0.352 e. The fourth-order valence-corrected chi connectivity index (χ4v) is 1.55. The molecule has 0 aromatic heterocycles. The number of carbonyl (C=O) groups is 2. The van der Waals surface area contributed by atoms with Gasteiger partial charge in [-0.2, -0.15) is 0 Å². The Kier molecular flexibility index (Phi) is 3.70. The molecule has 1 heterocycles. The van der Waals surface area contributed by atoms with Crippen molar-refractivity contribution in [2.24, 2.45) is 0 Å². The molecule has 0 aromatic carbocycles. The zero-order valence-corrected chi connectivity index (χ0v) is 7.75. The van der Waals surface area contributed by atoms with Gasteiger partial charge in [0.1, 0.15) is 0 Å². The van der Waals surface area contributed by atoms with E-state index in [2.05, 4.69) is 15.5 Å². The monoisotopic (exact) mass is 185 g/mol. The van der Waals surface area contributed by atoms with Crippen molar-refractivity contribution in [2.75, 3.05) is 19.8 Å². The fraction of sp³-hybridized carbons (Fsp3) is 0.750. The van der Waals surface area contributed by atoms with Crippen LogP contribution in [-0.4, -0.2) is 43.0 Å². The van der Waals surface area contributed by atoms with E-state index in [4.69, 9.17) is 0 Å². The summed E-state index contributed by atoms with van der Waals surface area (Å²) in [6, 6.07) is 0.242. The molecule has 1 atom stereocenters. The molecule has 0 spiro atoms. The van der Waals surface area contributed by atoms with E-state index >= 15 is 0 Å². The summed E-state index contributed by atoms with van der Waals surface area (Å²) in [5.74, 6) is 0.00944. The fourth-order valence-electron chi connectivity index (χ4n) is 1.55. The summed E-state index contributed by atoms with van der Waals surface area (Å²) >= 11 is 0. The van der Waals surface area contributed by atoms with Crippen LogP contribution >= 0.6 is 0 Å². The first-order chi connectivity index (χ1) is 6.22. The molecule has 0 aromatic rings. The van der Waals surface area contributed by atoms with Crippen LogP contribution in [0, 0.1) is 0 Å². The van der Waals surface area contributed by atoms with Gasteiger partial charge in [0.05, 0.1) is 6.67 Å². The van der Waals surface area contributed by atoms with Crippen LogP contribution in [-0.2, 0) is 9.59 Å². The van der Waals surface area contributed by atoms with Gasteiger partial charge >= 0.3 is 0 Å². The summed E-state index contributed by atoms with van der Waals surface area (Å²) in [5, 5.41) is 5.45. The summed E-state index contributed by atoms with van der Waals surface area (Å²) in [4.78, 5) is 22.8. The number of carbonyl (C=O) groups excluding carboxylic acids is 2. The van der Waals surface area contributed by atoms with Gasteiger partial charge in [0.25, 0.3) is 0 Å². The maximum Gasteiger partial charge on any atom is 0.217 e. The van der Waals surface area contributed by atoms with E-state index in [1.165, 1.54) is 6.92 Å². The molecule has 1 aliphatic heterocycles. The van der Waals surface area contributed by atoms with E-state index in [1.54, 1.807) is 0 Å². The van der Waals surface area contributed by atoms with E-state index in [0.717, 1.165) is 19.5 Å². The number of amides is 2. The zero-order valence-electron chi connectivity index (χ0n) is 7.75. The lowest BCUT2D eigenvalue weighted by Crippen LogP contribution is -2.38. The van der Waals surface area contributed by atoms with Gasteiger partial charge in [-0.3, -0.25) is 14.5 Å². The Hall–Kier alpha value is -1.10. The van der Waals surface area contributed by atoms with Gasteiger partial charge in [-0.05, 0) is 6.42 Å². The van der Waals surface area contributed by atoms with Crippen LogP contribution in [0.3, 0.4) is 0 Å². The molecule has 5 nitrogen and oxygen atoms in total.